The van der Waals surface area contributed by atoms with Crippen LogP contribution in [-0.4, -0.2) is 29.9 Å². The number of aromatic nitrogens is 1. The van der Waals surface area contributed by atoms with Crippen molar-refractivity contribution in [1.82, 2.24) is 15.6 Å². The maximum atomic E-state index is 13.4. The fraction of sp³-hybridized carbons (Fsp3) is 0.190. The Hall–Kier alpha value is -3.28. The molecule has 2 aromatic carbocycles. The first-order valence-corrected chi connectivity index (χ1v) is 8.68. The second kappa shape index (κ2) is 8.40. The Balaban J connectivity index is 1.57. The van der Waals surface area contributed by atoms with Gasteiger partial charge in [0.1, 0.15) is 5.82 Å². The Morgan fingerprint density at radius 2 is 1.81 bits per heavy atom. The number of nitrogens with zero attached hydrogens (tertiary/aromatic N) is 1. The Morgan fingerprint density at radius 1 is 1.04 bits per heavy atom. The molecule has 0 saturated carbocycles. The average Bonchev–Trinajstić information content (AvgIpc) is 2.66. The van der Waals surface area contributed by atoms with Crippen molar-refractivity contribution in [2.24, 2.45) is 0 Å². The van der Waals surface area contributed by atoms with E-state index in [1.54, 1.807) is 13.0 Å². The van der Waals surface area contributed by atoms with Crippen LogP contribution in [0.1, 0.15) is 21.6 Å². The van der Waals surface area contributed by atoms with Gasteiger partial charge in [0.05, 0.1) is 17.6 Å². The third kappa shape index (κ3) is 4.88. The molecular weight excluding hydrogens is 345 g/mol. The third-order valence-electron chi connectivity index (χ3n) is 4.13. The van der Waals surface area contributed by atoms with Gasteiger partial charge >= 0.3 is 0 Å². The van der Waals surface area contributed by atoms with Crippen LogP contribution in [0, 0.1) is 12.7 Å². The summed E-state index contributed by atoms with van der Waals surface area (Å²) in [4.78, 5) is 28.7. The Labute approximate surface area is 156 Å². The van der Waals surface area contributed by atoms with E-state index in [1.165, 1.54) is 18.2 Å². The summed E-state index contributed by atoms with van der Waals surface area (Å²) in [6.07, 6.45) is 0.722. The van der Waals surface area contributed by atoms with E-state index in [-0.39, 0.29) is 12.5 Å². The Bertz CT molecular complexity index is 969. The minimum Gasteiger partial charge on any atom is -0.354 e. The van der Waals surface area contributed by atoms with E-state index in [0.717, 1.165) is 12.0 Å². The number of hydrogen-bond acceptors (Lipinski definition) is 3. The monoisotopic (exact) mass is 365 g/mol. The van der Waals surface area contributed by atoms with Gasteiger partial charge in [-0.1, -0.05) is 30.3 Å². The van der Waals surface area contributed by atoms with E-state index >= 15 is 0 Å². The zero-order chi connectivity index (χ0) is 19.2. The van der Waals surface area contributed by atoms with Gasteiger partial charge < -0.3 is 10.6 Å². The summed E-state index contributed by atoms with van der Waals surface area (Å²) in [5.41, 5.74) is 2.51. The SMILES string of the molecule is Cc1cc(C(=O)NCC(=O)NCCc2ccccc2)c2ccc(F)cc2n1. The molecule has 0 unspecified atom stereocenters. The molecule has 0 aliphatic carbocycles. The van der Waals surface area contributed by atoms with E-state index < -0.39 is 11.7 Å². The fourth-order valence-electron chi connectivity index (χ4n) is 2.83. The van der Waals surface area contributed by atoms with Gasteiger partial charge in [0.15, 0.2) is 0 Å². The molecule has 2 N–H and O–H groups in total. The van der Waals surface area contributed by atoms with Gasteiger partial charge in [-0.25, -0.2) is 4.39 Å². The van der Waals surface area contributed by atoms with Crippen molar-refractivity contribution in [1.29, 1.82) is 0 Å². The highest BCUT2D eigenvalue weighted by Crippen LogP contribution is 2.19. The molecular formula is C21H20FN3O2. The van der Waals surface area contributed by atoms with Gasteiger partial charge in [0.25, 0.3) is 5.91 Å². The number of hydrogen-bond donors (Lipinski definition) is 2. The van der Waals surface area contributed by atoms with Gasteiger partial charge in [-0.05, 0) is 37.1 Å². The van der Waals surface area contributed by atoms with Crippen LogP contribution < -0.4 is 10.6 Å². The number of amides is 2. The first kappa shape index (κ1) is 18.5. The number of aryl methyl sites for hydroxylation is 1. The summed E-state index contributed by atoms with van der Waals surface area (Å²) in [5.74, 6) is -1.07. The van der Waals surface area contributed by atoms with Crippen LogP contribution in [0.5, 0.6) is 0 Å². The molecule has 1 heterocycles. The third-order valence-corrected chi connectivity index (χ3v) is 4.13. The molecule has 0 saturated heterocycles. The summed E-state index contributed by atoms with van der Waals surface area (Å²) >= 11 is 0. The number of carbonyl (C=O) groups is 2. The smallest absolute Gasteiger partial charge is 0.252 e. The lowest BCUT2D eigenvalue weighted by Crippen LogP contribution is -2.37. The van der Waals surface area contributed by atoms with Crippen molar-refractivity contribution >= 4 is 22.7 Å². The molecule has 0 aliphatic rings. The highest BCUT2D eigenvalue weighted by molar-refractivity contribution is 6.07. The molecule has 0 bridgehead atoms. The lowest BCUT2D eigenvalue weighted by atomic mass is 10.1. The van der Waals surface area contributed by atoms with Crippen LogP contribution in [0.3, 0.4) is 0 Å². The van der Waals surface area contributed by atoms with Crippen LogP contribution in [0.2, 0.25) is 0 Å². The molecule has 27 heavy (non-hydrogen) atoms. The molecule has 0 atom stereocenters. The molecule has 0 spiro atoms. The zero-order valence-corrected chi connectivity index (χ0v) is 15.0. The summed E-state index contributed by atoms with van der Waals surface area (Å²) in [6.45, 7) is 2.10. The van der Waals surface area contributed by atoms with Gasteiger partial charge in [-0.3, -0.25) is 14.6 Å². The number of pyridine rings is 1. The Kier molecular flexibility index (Phi) is 5.76. The largest absolute Gasteiger partial charge is 0.354 e. The first-order chi connectivity index (χ1) is 13.0. The molecule has 1 aromatic heterocycles. The Morgan fingerprint density at radius 3 is 2.59 bits per heavy atom. The van der Waals surface area contributed by atoms with E-state index in [4.69, 9.17) is 0 Å². The summed E-state index contributed by atoms with van der Waals surface area (Å²) in [6, 6.07) is 15.5. The van der Waals surface area contributed by atoms with Crippen LogP contribution in [0.4, 0.5) is 4.39 Å². The minimum absolute atomic E-state index is 0.127. The van der Waals surface area contributed by atoms with Crippen LogP contribution >= 0.6 is 0 Å². The minimum atomic E-state index is -0.412. The number of carbonyl (C=O) groups excluding carboxylic acids is 2. The second-order valence-electron chi connectivity index (χ2n) is 6.24. The molecule has 3 rings (SSSR count). The lowest BCUT2D eigenvalue weighted by Gasteiger charge is -2.10. The topological polar surface area (TPSA) is 71.1 Å². The molecule has 5 nitrogen and oxygen atoms in total. The van der Waals surface area contributed by atoms with Crippen molar-refractivity contribution in [2.75, 3.05) is 13.1 Å². The van der Waals surface area contributed by atoms with Crippen molar-refractivity contribution in [3.63, 3.8) is 0 Å². The summed E-state index contributed by atoms with van der Waals surface area (Å²) < 4.78 is 13.4. The average molecular weight is 365 g/mol. The molecule has 0 radical (unpaired) electrons. The van der Waals surface area contributed by atoms with Crippen LogP contribution in [0.25, 0.3) is 10.9 Å². The normalized spacial score (nSPS) is 10.6. The second-order valence-corrected chi connectivity index (χ2v) is 6.24. The number of halogens is 1. The highest BCUT2D eigenvalue weighted by atomic mass is 19.1. The molecule has 6 heteroatoms. The quantitative estimate of drug-likeness (QED) is 0.706. The van der Waals surface area contributed by atoms with Crippen molar-refractivity contribution in [2.45, 2.75) is 13.3 Å². The van der Waals surface area contributed by atoms with E-state index in [9.17, 15) is 14.0 Å². The standard InChI is InChI=1S/C21H20FN3O2/c1-14-11-18(17-8-7-16(22)12-19(17)25-14)21(27)24-13-20(26)23-10-9-15-5-3-2-4-6-15/h2-8,11-12H,9-10,13H2,1H3,(H,23,26)(H,24,27). The first-order valence-electron chi connectivity index (χ1n) is 8.68. The van der Waals surface area contributed by atoms with Crippen LogP contribution in [-0.2, 0) is 11.2 Å². The van der Waals surface area contributed by atoms with Crippen molar-refractivity contribution in [3.8, 4) is 0 Å². The van der Waals surface area contributed by atoms with Crippen molar-refractivity contribution < 1.29 is 14.0 Å². The fourth-order valence-corrected chi connectivity index (χ4v) is 2.83. The van der Waals surface area contributed by atoms with Gasteiger partial charge in [-0.15, -0.1) is 0 Å². The molecule has 3 aromatic rings. The van der Waals surface area contributed by atoms with Gasteiger partial charge in [0.2, 0.25) is 5.91 Å². The van der Waals surface area contributed by atoms with Gasteiger partial charge in [-0.2, -0.15) is 0 Å². The zero-order valence-electron chi connectivity index (χ0n) is 15.0. The summed E-state index contributed by atoms with van der Waals surface area (Å²) in [7, 11) is 0. The van der Waals surface area contributed by atoms with Gasteiger partial charge in [0, 0.05) is 23.7 Å². The maximum Gasteiger partial charge on any atom is 0.252 e. The maximum absolute atomic E-state index is 13.4. The predicted molar refractivity (Wildman–Crippen MR) is 102 cm³/mol. The predicted octanol–water partition coefficient (Wildman–Crippen LogP) is 2.77. The molecule has 0 aliphatic heterocycles. The summed E-state index contributed by atoms with van der Waals surface area (Å²) in [5, 5.41) is 5.93. The number of nitrogens with one attached hydrogen (secondary N) is 2. The molecule has 2 amide bonds. The van der Waals surface area contributed by atoms with E-state index in [1.807, 2.05) is 30.3 Å². The van der Waals surface area contributed by atoms with E-state index in [0.29, 0.717) is 28.7 Å². The highest BCUT2D eigenvalue weighted by Gasteiger charge is 2.13. The number of rotatable bonds is 6. The number of benzene rings is 2. The molecule has 0 fully saturated rings. The van der Waals surface area contributed by atoms with Crippen LogP contribution in [0.15, 0.2) is 54.6 Å². The molecule has 138 valence electrons. The number of fused-ring (bicyclic) bond motifs is 1. The van der Waals surface area contributed by atoms with Crippen molar-refractivity contribution in [3.05, 3.63) is 77.2 Å². The lowest BCUT2D eigenvalue weighted by molar-refractivity contribution is -0.120. The van der Waals surface area contributed by atoms with E-state index in [2.05, 4.69) is 15.6 Å².